The first kappa shape index (κ1) is 13.5. The molecular weight excluding hydrogens is 312 g/mol. The third-order valence-electron chi connectivity index (χ3n) is 2.54. The van der Waals surface area contributed by atoms with Crippen molar-refractivity contribution in [1.29, 1.82) is 0 Å². The van der Waals surface area contributed by atoms with Crippen molar-refractivity contribution < 1.29 is 9.90 Å². The zero-order valence-electron chi connectivity index (χ0n) is 9.91. The third kappa shape index (κ3) is 3.51. The number of carbonyl (C=O) groups is 1. The normalized spacial score (nSPS) is 10.4. The van der Waals surface area contributed by atoms with E-state index in [1.54, 1.807) is 6.07 Å². The van der Waals surface area contributed by atoms with Gasteiger partial charge >= 0.3 is 5.97 Å². The number of carboxylic acid groups (broad SMARTS) is 1. The van der Waals surface area contributed by atoms with Crippen LogP contribution < -0.4 is 5.56 Å². The summed E-state index contributed by atoms with van der Waals surface area (Å²) in [6, 6.07) is 10.5. The van der Waals surface area contributed by atoms with E-state index in [1.165, 1.54) is 10.7 Å². The molecule has 0 aliphatic carbocycles. The Hall–Kier alpha value is -1.95. The van der Waals surface area contributed by atoms with Crippen molar-refractivity contribution in [1.82, 2.24) is 9.78 Å². The van der Waals surface area contributed by atoms with E-state index in [2.05, 4.69) is 21.0 Å². The maximum Gasteiger partial charge on any atom is 0.305 e. The SMILES string of the molecule is O=C(O)CCn1nc(-c2ccc(Br)cc2)ccc1=O. The van der Waals surface area contributed by atoms with Crippen LogP contribution >= 0.6 is 15.9 Å². The molecule has 0 atom stereocenters. The number of hydrogen-bond donors (Lipinski definition) is 1. The van der Waals surface area contributed by atoms with Crippen molar-refractivity contribution in [3.63, 3.8) is 0 Å². The molecule has 1 heterocycles. The average molecular weight is 323 g/mol. The molecule has 19 heavy (non-hydrogen) atoms. The third-order valence-corrected chi connectivity index (χ3v) is 3.07. The van der Waals surface area contributed by atoms with E-state index in [-0.39, 0.29) is 18.5 Å². The van der Waals surface area contributed by atoms with Crippen LogP contribution in [0.3, 0.4) is 0 Å². The summed E-state index contributed by atoms with van der Waals surface area (Å²) in [6.07, 6.45) is -0.128. The fourth-order valence-corrected chi connectivity index (χ4v) is 1.85. The molecule has 2 aromatic rings. The van der Waals surface area contributed by atoms with Gasteiger partial charge in [0.15, 0.2) is 0 Å². The van der Waals surface area contributed by atoms with E-state index in [9.17, 15) is 9.59 Å². The number of rotatable bonds is 4. The number of aryl methyl sites for hydroxylation is 1. The lowest BCUT2D eigenvalue weighted by atomic mass is 10.1. The van der Waals surface area contributed by atoms with E-state index < -0.39 is 5.97 Å². The molecule has 1 aromatic carbocycles. The van der Waals surface area contributed by atoms with Gasteiger partial charge in [0.05, 0.1) is 18.7 Å². The number of nitrogens with zero attached hydrogens (tertiary/aromatic N) is 2. The molecule has 1 N–H and O–H groups in total. The second-order valence-corrected chi connectivity index (χ2v) is 4.85. The zero-order chi connectivity index (χ0) is 13.8. The number of hydrogen-bond acceptors (Lipinski definition) is 3. The number of aromatic nitrogens is 2. The molecule has 2 rings (SSSR count). The Labute approximate surface area is 117 Å². The lowest BCUT2D eigenvalue weighted by Gasteiger charge is -2.06. The van der Waals surface area contributed by atoms with Gasteiger partial charge in [0.2, 0.25) is 0 Å². The zero-order valence-corrected chi connectivity index (χ0v) is 11.5. The van der Waals surface area contributed by atoms with Crippen molar-refractivity contribution in [3.8, 4) is 11.3 Å². The van der Waals surface area contributed by atoms with Gasteiger partial charge in [-0.15, -0.1) is 0 Å². The summed E-state index contributed by atoms with van der Waals surface area (Å²) in [5, 5.41) is 12.8. The highest BCUT2D eigenvalue weighted by molar-refractivity contribution is 9.10. The van der Waals surface area contributed by atoms with E-state index in [4.69, 9.17) is 5.11 Å². The molecule has 0 spiro atoms. The Morgan fingerprint density at radius 2 is 1.89 bits per heavy atom. The molecule has 0 saturated heterocycles. The van der Waals surface area contributed by atoms with Crippen LogP contribution in [0.2, 0.25) is 0 Å². The Balaban J connectivity index is 2.32. The lowest BCUT2D eigenvalue weighted by Crippen LogP contribution is -2.23. The summed E-state index contributed by atoms with van der Waals surface area (Å²) in [6.45, 7) is 0.0680. The molecule has 98 valence electrons. The fourth-order valence-electron chi connectivity index (χ4n) is 1.59. The van der Waals surface area contributed by atoms with Crippen LogP contribution in [0.25, 0.3) is 11.3 Å². The van der Waals surface area contributed by atoms with Gasteiger partial charge in [0, 0.05) is 16.1 Å². The van der Waals surface area contributed by atoms with Crippen LogP contribution in [0.1, 0.15) is 6.42 Å². The molecule has 0 unspecified atom stereocenters. The molecule has 0 aliphatic rings. The maximum atomic E-state index is 11.6. The van der Waals surface area contributed by atoms with Crippen LogP contribution in [0.15, 0.2) is 45.7 Å². The summed E-state index contributed by atoms with van der Waals surface area (Å²) < 4.78 is 2.13. The Bertz CT molecular complexity index is 650. The average Bonchev–Trinajstić information content (AvgIpc) is 2.39. The predicted molar refractivity (Wildman–Crippen MR) is 73.9 cm³/mol. The fraction of sp³-hybridized carbons (Fsp3) is 0.154. The van der Waals surface area contributed by atoms with Gasteiger partial charge in [-0.25, -0.2) is 4.68 Å². The maximum absolute atomic E-state index is 11.6. The Morgan fingerprint density at radius 1 is 1.21 bits per heavy atom. The molecule has 0 radical (unpaired) electrons. The van der Waals surface area contributed by atoms with Crippen molar-refractivity contribution in [2.75, 3.05) is 0 Å². The van der Waals surface area contributed by atoms with E-state index in [0.29, 0.717) is 5.69 Å². The predicted octanol–water partition coefficient (Wildman–Crippen LogP) is 2.15. The number of carboxylic acids is 1. The second-order valence-electron chi connectivity index (χ2n) is 3.93. The lowest BCUT2D eigenvalue weighted by molar-refractivity contribution is -0.137. The quantitative estimate of drug-likeness (QED) is 0.936. The van der Waals surface area contributed by atoms with Crippen molar-refractivity contribution in [2.24, 2.45) is 0 Å². The molecule has 0 bridgehead atoms. The first-order chi connectivity index (χ1) is 9.06. The molecule has 0 fully saturated rings. The molecule has 0 saturated carbocycles. The summed E-state index contributed by atoms with van der Waals surface area (Å²) in [4.78, 5) is 22.1. The smallest absolute Gasteiger partial charge is 0.305 e. The van der Waals surface area contributed by atoms with E-state index >= 15 is 0 Å². The monoisotopic (exact) mass is 322 g/mol. The van der Waals surface area contributed by atoms with Crippen LogP contribution in [0, 0.1) is 0 Å². The van der Waals surface area contributed by atoms with E-state index in [1.807, 2.05) is 24.3 Å². The van der Waals surface area contributed by atoms with Gasteiger partial charge in [0.25, 0.3) is 5.56 Å². The Morgan fingerprint density at radius 3 is 2.53 bits per heavy atom. The second kappa shape index (κ2) is 5.79. The molecule has 0 aliphatic heterocycles. The minimum Gasteiger partial charge on any atom is -0.481 e. The molecule has 1 aromatic heterocycles. The topological polar surface area (TPSA) is 72.2 Å². The van der Waals surface area contributed by atoms with Crippen molar-refractivity contribution in [3.05, 3.63) is 51.2 Å². The summed E-state index contributed by atoms with van der Waals surface area (Å²) in [5.41, 5.74) is 1.20. The summed E-state index contributed by atoms with van der Waals surface area (Å²) in [7, 11) is 0. The van der Waals surface area contributed by atoms with Crippen molar-refractivity contribution >= 4 is 21.9 Å². The molecular formula is C13H11BrN2O3. The number of benzene rings is 1. The van der Waals surface area contributed by atoms with Gasteiger partial charge < -0.3 is 5.11 Å². The van der Waals surface area contributed by atoms with Gasteiger partial charge in [-0.2, -0.15) is 5.10 Å². The molecule has 6 heteroatoms. The summed E-state index contributed by atoms with van der Waals surface area (Å²) in [5.74, 6) is -0.956. The van der Waals surface area contributed by atoms with Crippen LogP contribution in [-0.2, 0) is 11.3 Å². The largest absolute Gasteiger partial charge is 0.481 e. The number of aliphatic carboxylic acids is 1. The van der Waals surface area contributed by atoms with Crippen LogP contribution in [0.5, 0.6) is 0 Å². The van der Waals surface area contributed by atoms with Gasteiger partial charge in [-0.3, -0.25) is 9.59 Å². The Kier molecular flexibility index (Phi) is 4.11. The van der Waals surface area contributed by atoms with Gasteiger partial charge in [-0.05, 0) is 18.2 Å². The minimum atomic E-state index is -0.956. The van der Waals surface area contributed by atoms with Gasteiger partial charge in [0.1, 0.15) is 0 Å². The molecule has 5 nitrogen and oxygen atoms in total. The van der Waals surface area contributed by atoms with Crippen LogP contribution in [0.4, 0.5) is 0 Å². The first-order valence-corrected chi connectivity index (χ1v) is 6.41. The van der Waals surface area contributed by atoms with E-state index in [0.717, 1.165) is 10.0 Å². The van der Waals surface area contributed by atoms with Crippen LogP contribution in [-0.4, -0.2) is 20.9 Å². The standard InChI is InChI=1S/C13H11BrN2O3/c14-10-3-1-9(2-4-10)11-5-6-12(17)16(15-11)8-7-13(18)19/h1-6H,7-8H2,(H,18,19). The highest BCUT2D eigenvalue weighted by Crippen LogP contribution is 2.18. The van der Waals surface area contributed by atoms with Crippen molar-refractivity contribution in [2.45, 2.75) is 13.0 Å². The van der Waals surface area contributed by atoms with Gasteiger partial charge in [-0.1, -0.05) is 28.1 Å². The minimum absolute atomic E-state index is 0.0680. The highest BCUT2D eigenvalue weighted by atomic mass is 79.9. The molecule has 0 amide bonds. The summed E-state index contributed by atoms with van der Waals surface area (Å²) >= 11 is 3.34. The highest BCUT2D eigenvalue weighted by Gasteiger charge is 2.05. The first-order valence-electron chi connectivity index (χ1n) is 5.62. The number of halogens is 1.